The largest absolute Gasteiger partial charge is 0.497 e. The van der Waals surface area contributed by atoms with Gasteiger partial charge in [0.1, 0.15) is 5.75 Å². The highest BCUT2D eigenvalue weighted by Crippen LogP contribution is 2.29. The van der Waals surface area contributed by atoms with Crippen LogP contribution in [0.4, 0.5) is 11.4 Å². The minimum atomic E-state index is -0.416. The van der Waals surface area contributed by atoms with Gasteiger partial charge >= 0.3 is 0 Å². The molecular weight excluding hydrogens is 404 g/mol. The average Bonchev–Trinajstić information content (AvgIpc) is 2.47. The molecule has 0 radical (unpaired) electrons. The van der Waals surface area contributed by atoms with Crippen LogP contribution in [0.1, 0.15) is 5.56 Å². The van der Waals surface area contributed by atoms with Crippen molar-refractivity contribution in [3.8, 4) is 5.75 Å². The second-order valence-corrected chi connectivity index (χ2v) is 5.94. The minimum absolute atomic E-state index is 0.0631. The van der Waals surface area contributed by atoms with Crippen LogP contribution in [0.25, 0.3) is 0 Å². The molecule has 0 aliphatic rings. The maximum atomic E-state index is 10.7. The van der Waals surface area contributed by atoms with Gasteiger partial charge in [-0.1, -0.05) is 15.9 Å². The first kappa shape index (κ1) is 15.8. The van der Waals surface area contributed by atoms with Crippen LogP contribution in [0, 0.1) is 10.1 Å². The van der Waals surface area contributed by atoms with E-state index in [1.54, 1.807) is 13.2 Å². The molecule has 2 rings (SSSR count). The molecule has 0 heterocycles. The Morgan fingerprint density at radius 1 is 1.19 bits per heavy atom. The summed E-state index contributed by atoms with van der Waals surface area (Å²) in [6.45, 7) is 0.532. The minimum Gasteiger partial charge on any atom is -0.497 e. The number of methoxy groups -OCH3 is 1. The molecule has 0 atom stereocenters. The molecule has 110 valence electrons. The highest BCUT2D eigenvalue weighted by atomic mass is 79.9. The van der Waals surface area contributed by atoms with Gasteiger partial charge in [-0.15, -0.1) is 0 Å². The van der Waals surface area contributed by atoms with Gasteiger partial charge in [0.05, 0.1) is 17.7 Å². The van der Waals surface area contributed by atoms with Crippen molar-refractivity contribution >= 4 is 43.2 Å². The molecule has 0 amide bonds. The number of rotatable bonds is 5. The van der Waals surface area contributed by atoms with Gasteiger partial charge in [0.25, 0.3) is 5.69 Å². The van der Waals surface area contributed by atoms with E-state index in [0.717, 1.165) is 21.5 Å². The molecule has 0 saturated heterocycles. The molecule has 0 fully saturated rings. The number of hydrogen-bond acceptors (Lipinski definition) is 4. The second-order valence-electron chi connectivity index (χ2n) is 4.23. The van der Waals surface area contributed by atoms with Crippen molar-refractivity contribution < 1.29 is 9.66 Å². The Bertz CT molecular complexity index is 677. The van der Waals surface area contributed by atoms with E-state index in [-0.39, 0.29) is 5.69 Å². The summed E-state index contributed by atoms with van der Waals surface area (Å²) in [6, 6.07) is 10.3. The Kier molecular flexibility index (Phi) is 5.19. The van der Waals surface area contributed by atoms with Crippen molar-refractivity contribution in [2.45, 2.75) is 6.54 Å². The summed E-state index contributed by atoms with van der Waals surface area (Å²) in [6.07, 6.45) is 0. The summed E-state index contributed by atoms with van der Waals surface area (Å²) in [4.78, 5) is 10.3. The zero-order chi connectivity index (χ0) is 15.4. The highest BCUT2D eigenvalue weighted by Gasteiger charge is 2.09. The fourth-order valence-corrected chi connectivity index (χ4v) is 2.64. The summed E-state index contributed by atoms with van der Waals surface area (Å²) in [7, 11) is 1.61. The van der Waals surface area contributed by atoms with Gasteiger partial charge in [0.15, 0.2) is 0 Å². The van der Waals surface area contributed by atoms with Gasteiger partial charge in [0, 0.05) is 33.7 Å². The normalized spacial score (nSPS) is 10.2. The lowest BCUT2D eigenvalue weighted by Gasteiger charge is -2.11. The molecule has 1 N–H and O–H groups in total. The molecule has 2 aromatic rings. The molecular formula is C14H12Br2N2O3. The maximum absolute atomic E-state index is 10.7. The quantitative estimate of drug-likeness (QED) is 0.565. The SMILES string of the molecule is COc1ccc(Br)c(NCc2ccc([N+](=O)[O-])cc2Br)c1. The molecule has 2 aromatic carbocycles. The first-order valence-electron chi connectivity index (χ1n) is 6.01. The van der Waals surface area contributed by atoms with Gasteiger partial charge in [-0.2, -0.15) is 0 Å². The Morgan fingerprint density at radius 3 is 2.57 bits per heavy atom. The number of nitrogens with one attached hydrogen (secondary N) is 1. The van der Waals surface area contributed by atoms with Crippen molar-refractivity contribution in [1.29, 1.82) is 0 Å². The number of nitro benzene ring substituents is 1. The van der Waals surface area contributed by atoms with E-state index in [1.165, 1.54) is 12.1 Å². The molecule has 0 spiro atoms. The van der Waals surface area contributed by atoms with E-state index in [1.807, 2.05) is 18.2 Å². The van der Waals surface area contributed by atoms with Crippen molar-refractivity contribution in [1.82, 2.24) is 0 Å². The summed E-state index contributed by atoms with van der Waals surface area (Å²) in [5.74, 6) is 0.753. The third kappa shape index (κ3) is 3.95. The fourth-order valence-electron chi connectivity index (χ4n) is 1.75. The van der Waals surface area contributed by atoms with E-state index in [2.05, 4.69) is 37.2 Å². The number of anilines is 1. The highest BCUT2D eigenvalue weighted by molar-refractivity contribution is 9.11. The lowest BCUT2D eigenvalue weighted by Crippen LogP contribution is -2.02. The Morgan fingerprint density at radius 2 is 1.95 bits per heavy atom. The van der Waals surface area contributed by atoms with Crippen molar-refractivity contribution in [3.63, 3.8) is 0 Å². The lowest BCUT2D eigenvalue weighted by atomic mass is 10.2. The summed E-state index contributed by atoms with van der Waals surface area (Å²) in [5, 5.41) is 14.0. The Balaban J connectivity index is 2.15. The topological polar surface area (TPSA) is 64.4 Å². The van der Waals surface area contributed by atoms with E-state index >= 15 is 0 Å². The van der Waals surface area contributed by atoms with Crippen LogP contribution < -0.4 is 10.1 Å². The van der Waals surface area contributed by atoms with E-state index in [4.69, 9.17) is 4.74 Å². The zero-order valence-corrected chi connectivity index (χ0v) is 14.3. The smallest absolute Gasteiger partial charge is 0.270 e. The van der Waals surface area contributed by atoms with Gasteiger partial charge in [0.2, 0.25) is 0 Å². The lowest BCUT2D eigenvalue weighted by molar-refractivity contribution is -0.384. The summed E-state index contributed by atoms with van der Waals surface area (Å²) in [5.41, 5.74) is 1.88. The average molecular weight is 416 g/mol. The molecule has 21 heavy (non-hydrogen) atoms. The molecule has 0 saturated carbocycles. The zero-order valence-electron chi connectivity index (χ0n) is 11.1. The molecule has 0 aliphatic heterocycles. The Hall–Kier alpha value is -1.60. The Labute approximate surface area is 138 Å². The van der Waals surface area contributed by atoms with Crippen LogP contribution in [0.2, 0.25) is 0 Å². The predicted octanol–water partition coefficient (Wildman–Crippen LogP) is 4.74. The van der Waals surface area contributed by atoms with Gasteiger partial charge in [-0.05, 0) is 39.7 Å². The summed E-state index contributed by atoms with van der Waals surface area (Å²) < 4.78 is 6.80. The van der Waals surface area contributed by atoms with Crippen molar-refractivity contribution in [2.75, 3.05) is 12.4 Å². The first-order valence-corrected chi connectivity index (χ1v) is 7.60. The van der Waals surface area contributed by atoms with Crippen LogP contribution >= 0.6 is 31.9 Å². The molecule has 0 aliphatic carbocycles. The van der Waals surface area contributed by atoms with Gasteiger partial charge in [-0.25, -0.2) is 0 Å². The number of halogens is 2. The number of non-ortho nitro benzene ring substituents is 1. The molecule has 7 heteroatoms. The van der Waals surface area contributed by atoms with Crippen LogP contribution in [0.15, 0.2) is 45.3 Å². The van der Waals surface area contributed by atoms with Crippen molar-refractivity contribution in [2.24, 2.45) is 0 Å². The van der Waals surface area contributed by atoms with Crippen LogP contribution in [0.3, 0.4) is 0 Å². The third-order valence-corrected chi connectivity index (χ3v) is 4.32. The third-order valence-electron chi connectivity index (χ3n) is 2.89. The second kappa shape index (κ2) is 6.91. The number of hydrogen-bond donors (Lipinski definition) is 1. The fraction of sp³-hybridized carbons (Fsp3) is 0.143. The maximum Gasteiger partial charge on any atom is 0.270 e. The van der Waals surface area contributed by atoms with E-state index < -0.39 is 4.92 Å². The summed E-state index contributed by atoms with van der Waals surface area (Å²) >= 11 is 6.82. The van der Waals surface area contributed by atoms with Crippen LogP contribution in [-0.4, -0.2) is 12.0 Å². The van der Waals surface area contributed by atoms with Crippen LogP contribution in [-0.2, 0) is 6.54 Å². The standard InChI is InChI=1S/C14H12Br2N2O3/c1-21-11-4-5-12(15)14(7-11)17-8-9-2-3-10(18(19)20)6-13(9)16/h2-7,17H,8H2,1H3. The molecule has 0 unspecified atom stereocenters. The molecule has 5 nitrogen and oxygen atoms in total. The number of ether oxygens (including phenoxy) is 1. The molecule has 0 bridgehead atoms. The molecule has 0 aromatic heterocycles. The van der Waals surface area contributed by atoms with Crippen molar-refractivity contribution in [3.05, 3.63) is 61.0 Å². The number of nitro groups is 1. The van der Waals surface area contributed by atoms with E-state index in [9.17, 15) is 10.1 Å². The van der Waals surface area contributed by atoms with Crippen LogP contribution in [0.5, 0.6) is 5.75 Å². The predicted molar refractivity (Wildman–Crippen MR) is 88.8 cm³/mol. The monoisotopic (exact) mass is 414 g/mol. The van der Waals surface area contributed by atoms with Gasteiger partial charge < -0.3 is 10.1 Å². The first-order chi connectivity index (χ1) is 10.0. The number of nitrogens with zero attached hydrogens (tertiary/aromatic N) is 1. The van der Waals surface area contributed by atoms with E-state index in [0.29, 0.717) is 11.0 Å². The number of benzene rings is 2. The van der Waals surface area contributed by atoms with Gasteiger partial charge in [-0.3, -0.25) is 10.1 Å².